The van der Waals surface area contributed by atoms with Crippen LogP contribution in [0.1, 0.15) is 6.92 Å². The van der Waals surface area contributed by atoms with Gasteiger partial charge in [0.1, 0.15) is 26.2 Å². The van der Waals surface area contributed by atoms with Crippen molar-refractivity contribution in [3.05, 3.63) is 0 Å². The predicted molar refractivity (Wildman–Crippen MR) is 38.2 cm³/mol. The molecule has 12 heavy (non-hydrogen) atoms. The number of aliphatic hydroxyl groups is 3. The van der Waals surface area contributed by atoms with Gasteiger partial charge in [-0.3, -0.25) is 0 Å². The van der Waals surface area contributed by atoms with E-state index in [9.17, 15) is 4.39 Å². The van der Waals surface area contributed by atoms with Gasteiger partial charge in [0.2, 0.25) is 0 Å². The molecular weight excluding hydrogens is 166 g/mol. The van der Waals surface area contributed by atoms with Gasteiger partial charge in [0.05, 0.1) is 0 Å². The summed E-state index contributed by atoms with van der Waals surface area (Å²) in [5, 5.41) is 27.0. The minimum atomic E-state index is -2.67. The Morgan fingerprint density at radius 2 is 2.08 bits per heavy atom. The second kappa shape index (κ2) is 2.95. The van der Waals surface area contributed by atoms with Gasteiger partial charge in [0, 0.05) is 6.00 Å². The maximum Gasteiger partial charge on any atom is 0.263 e. The number of ether oxygens (including phenoxy) is 1. The van der Waals surface area contributed by atoms with E-state index in [1.807, 2.05) is 0 Å². The fourth-order valence-corrected chi connectivity index (χ4v) is 1.11. The van der Waals surface area contributed by atoms with E-state index < -0.39 is 30.2 Å². The molecule has 1 unspecified atom stereocenters. The largest absolute Gasteiger partial charge is 0.388 e. The van der Waals surface area contributed by atoms with Gasteiger partial charge in [-0.05, 0) is 6.92 Å². The lowest BCUT2D eigenvalue weighted by Gasteiger charge is -2.25. The van der Waals surface area contributed by atoms with Crippen molar-refractivity contribution in [2.45, 2.75) is 37.1 Å². The average Bonchev–Trinajstić information content (AvgIpc) is 2.17. The summed E-state index contributed by atoms with van der Waals surface area (Å²) in [4.78, 5) is 0. The highest BCUT2D eigenvalue weighted by atomic mass is 19.2. The van der Waals surface area contributed by atoms with Gasteiger partial charge in [0.15, 0.2) is 0 Å². The molecule has 68 valence electrons. The average molecular weight is 176 g/mol. The molecule has 0 aromatic carbocycles. The standard InChI is InChI=1S/C6H10BFO4/c1-2(9)6(8)4(11)3(10)5(7)12-6/h2-5,9-11H,1H3/t2?,3-,4+,5-,6-/m1/s1. The lowest BCUT2D eigenvalue weighted by Crippen LogP contribution is -2.47. The van der Waals surface area contributed by atoms with Crippen molar-refractivity contribution in [2.24, 2.45) is 0 Å². The number of alkyl halides is 1. The van der Waals surface area contributed by atoms with Crippen LogP contribution in [0.25, 0.3) is 0 Å². The summed E-state index contributed by atoms with van der Waals surface area (Å²) in [5.74, 6) is -2.67. The predicted octanol–water partition coefficient (Wildman–Crippen LogP) is -1.72. The van der Waals surface area contributed by atoms with Gasteiger partial charge in [0.25, 0.3) is 5.85 Å². The molecule has 1 saturated heterocycles. The molecule has 5 atom stereocenters. The van der Waals surface area contributed by atoms with E-state index in [0.29, 0.717) is 0 Å². The maximum absolute atomic E-state index is 13.4. The highest BCUT2D eigenvalue weighted by Gasteiger charge is 2.56. The molecule has 0 saturated carbocycles. The third kappa shape index (κ3) is 1.24. The Bertz CT molecular complexity index is 179. The van der Waals surface area contributed by atoms with Crippen molar-refractivity contribution in [2.75, 3.05) is 0 Å². The smallest absolute Gasteiger partial charge is 0.263 e. The topological polar surface area (TPSA) is 69.9 Å². The molecule has 1 fully saturated rings. The zero-order chi connectivity index (χ0) is 9.52. The summed E-state index contributed by atoms with van der Waals surface area (Å²) in [7, 11) is 5.10. The fourth-order valence-electron chi connectivity index (χ4n) is 1.11. The van der Waals surface area contributed by atoms with Crippen molar-refractivity contribution in [1.82, 2.24) is 0 Å². The van der Waals surface area contributed by atoms with Crippen LogP contribution in [0.2, 0.25) is 0 Å². The van der Waals surface area contributed by atoms with E-state index in [0.717, 1.165) is 6.92 Å². The quantitative estimate of drug-likeness (QED) is 0.415. The SMILES string of the molecule is [B][C@@H]1O[C@](F)(C(C)O)[C@@H](O)[C@H]1O. The molecule has 0 amide bonds. The minimum Gasteiger partial charge on any atom is -0.388 e. The van der Waals surface area contributed by atoms with Crippen LogP contribution in [-0.2, 0) is 4.74 Å². The Hall–Kier alpha value is -0.165. The summed E-state index contributed by atoms with van der Waals surface area (Å²) in [6, 6.07) is -1.31. The van der Waals surface area contributed by atoms with E-state index in [2.05, 4.69) is 4.74 Å². The van der Waals surface area contributed by atoms with Gasteiger partial charge in [-0.15, -0.1) is 0 Å². The van der Waals surface area contributed by atoms with Crippen LogP contribution in [0.5, 0.6) is 0 Å². The molecule has 1 rings (SSSR count). The normalized spacial score (nSPS) is 50.9. The van der Waals surface area contributed by atoms with E-state index in [1.54, 1.807) is 0 Å². The lowest BCUT2D eigenvalue weighted by molar-refractivity contribution is -0.217. The Morgan fingerprint density at radius 1 is 1.58 bits per heavy atom. The third-order valence-corrected chi connectivity index (χ3v) is 1.95. The van der Waals surface area contributed by atoms with Gasteiger partial charge in [-0.2, -0.15) is 0 Å². The van der Waals surface area contributed by atoms with Crippen molar-refractivity contribution in [3.8, 4) is 0 Å². The Kier molecular flexibility index (Phi) is 2.44. The third-order valence-electron chi connectivity index (χ3n) is 1.95. The monoisotopic (exact) mass is 176 g/mol. The molecule has 1 heterocycles. The van der Waals surface area contributed by atoms with E-state index in [4.69, 9.17) is 23.2 Å². The number of hydrogen-bond acceptors (Lipinski definition) is 4. The summed E-state index contributed by atoms with van der Waals surface area (Å²) >= 11 is 0. The number of halogens is 1. The van der Waals surface area contributed by atoms with Crippen LogP contribution in [0.4, 0.5) is 4.39 Å². The summed E-state index contributed by atoms with van der Waals surface area (Å²) in [6.07, 6.45) is -4.87. The van der Waals surface area contributed by atoms with Crippen LogP contribution >= 0.6 is 0 Å². The Balaban J connectivity index is 2.82. The van der Waals surface area contributed by atoms with Crippen molar-refractivity contribution in [3.63, 3.8) is 0 Å². The molecule has 6 heteroatoms. The fraction of sp³-hybridized carbons (Fsp3) is 1.00. The van der Waals surface area contributed by atoms with Gasteiger partial charge < -0.3 is 20.1 Å². The lowest BCUT2D eigenvalue weighted by atomic mass is 9.92. The molecule has 0 spiro atoms. The highest BCUT2D eigenvalue weighted by Crippen LogP contribution is 2.34. The van der Waals surface area contributed by atoms with E-state index in [1.165, 1.54) is 0 Å². The molecule has 2 radical (unpaired) electrons. The molecular formula is C6H10BFO4. The molecule has 4 nitrogen and oxygen atoms in total. The first-order valence-electron chi connectivity index (χ1n) is 3.56. The molecule has 0 aliphatic carbocycles. The van der Waals surface area contributed by atoms with Crippen molar-refractivity contribution >= 4 is 7.85 Å². The zero-order valence-electron chi connectivity index (χ0n) is 6.51. The Morgan fingerprint density at radius 3 is 2.25 bits per heavy atom. The molecule has 0 bridgehead atoms. The zero-order valence-corrected chi connectivity index (χ0v) is 6.51. The highest BCUT2D eigenvalue weighted by molar-refractivity contribution is 6.11. The number of aliphatic hydroxyl groups excluding tert-OH is 3. The van der Waals surface area contributed by atoms with Crippen molar-refractivity contribution < 1.29 is 24.4 Å². The van der Waals surface area contributed by atoms with Crippen LogP contribution in [0, 0.1) is 0 Å². The molecule has 1 aliphatic heterocycles. The number of hydrogen-bond donors (Lipinski definition) is 3. The molecule has 0 aromatic heterocycles. The Labute approximate surface area is 70.4 Å². The van der Waals surface area contributed by atoms with Gasteiger partial charge in [-0.1, -0.05) is 0 Å². The van der Waals surface area contributed by atoms with Crippen LogP contribution in [0.3, 0.4) is 0 Å². The first kappa shape index (κ1) is 9.92. The maximum atomic E-state index is 13.4. The summed E-state index contributed by atoms with van der Waals surface area (Å²) in [6.45, 7) is 1.11. The van der Waals surface area contributed by atoms with Crippen molar-refractivity contribution in [1.29, 1.82) is 0 Å². The van der Waals surface area contributed by atoms with Crippen LogP contribution in [-0.4, -0.2) is 53.3 Å². The van der Waals surface area contributed by atoms with Gasteiger partial charge in [-0.25, -0.2) is 4.39 Å². The second-order valence-electron chi connectivity index (χ2n) is 2.89. The molecule has 3 N–H and O–H groups in total. The van der Waals surface area contributed by atoms with Crippen LogP contribution < -0.4 is 0 Å². The van der Waals surface area contributed by atoms with Crippen LogP contribution in [0.15, 0.2) is 0 Å². The second-order valence-corrected chi connectivity index (χ2v) is 2.89. The summed E-state index contributed by atoms with van der Waals surface area (Å²) < 4.78 is 17.8. The van der Waals surface area contributed by atoms with E-state index in [-0.39, 0.29) is 0 Å². The van der Waals surface area contributed by atoms with E-state index >= 15 is 0 Å². The number of rotatable bonds is 1. The first-order chi connectivity index (χ1) is 5.39. The molecule has 0 aromatic rings. The summed E-state index contributed by atoms with van der Waals surface area (Å²) in [5.41, 5.74) is 0. The van der Waals surface area contributed by atoms with Gasteiger partial charge >= 0.3 is 0 Å². The minimum absolute atomic E-state index is 1.11. The molecule has 1 aliphatic rings. The first-order valence-corrected chi connectivity index (χ1v) is 3.56.